The van der Waals surface area contributed by atoms with Crippen molar-refractivity contribution in [3.8, 4) is 0 Å². The summed E-state index contributed by atoms with van der Waals surface area (Å²) in [6, 6.07) is 36.5. The molecular weight excluding hydrogens is 369 g/mol. The molecule has 1 aliphatic heterocycles. The lowest BCUT2D eigenvalue weighted by Gasteiger charge is -2.40. The quantitative estimate of drug-likeness (QED) is 0.358. The second-order valence-corrected chi connectivity index (χ2v) is 7.58. The van der Waals surface area contributed by atoms with Gasteiger partial charge in [-0.15, -0.1) is 0 Å². The number of hydrogen-bond donors (Lipinski definition) is 0. The van der Waals surface area contributed by atoms with Gasteiger partial charge in [-0.25, -0.2) is 4.39 Å². The molecule has 5 rings (SSSR count). The summed E-state index contributed by atoms with van der Waals surface area (Å²) < 4.78 is 13.7. The van der Waals surface area contributed by atoms with Crippen LogP contribution >= 0.6 is 0 Å². The Hall–Kier alpha value is -3.65. The third kappa shape index (κ3) is 3.53. The Morgan fingerprint density at radius 2 is 1.30 bits per heavy atom. The highest BCUT2D eigenvalue weighted by Gasteiger charge is 2.30. The summed E-state index contributed by atoms with van der Waals surface area (Å²) in [6.07, 6.45) is 3.11. The number of benzene rings is 4. The van der Waals surface area contributed by atoms with E-state index in [9.17, 15) is 4.39 Å². The Bertz CT molecular complexity index is 1160. The minimum absolute atomic E-state index is 0.106. The van der Waals surface area contributed by atoms with Gasteiger partial charge in [0.1, 0.15) is 5.82 Å². The first-order valence-corrected chi connectivity index (χ1v) is 10.2. The second-order valence-electron chi connectivity index (χ2n) is 7.58. The van der Waals surface area contributed by atoms with E-state index in [1.54, 1.807) is 0 Å². The number of anilines is 1. The molecule has 0 N–H and O–H groups in total. The van der Waals surface area contributed by atoms with Crippen molar-refractivity contribution >= 4 is 17.5 Å². The van der Waals surface area contributed by atoms with Crippen molar-refractivity contribution in [3.63, 3.8) is 0 Å². The van der Waals surface area contributed by atoms with E-state index in [2.05, 4.69) is 83.8 Å². The van der Waals surface area contributed by atoms with Crippen molar-refractivity contribution in [2.75, 3.05) is 4.90 Å². The Labute approximate surface area is 176 Å². The highest BCUT2D eigenvalue weighted by Crippen LogP contribution is 2.43. The van der Waals surface area contributed by atoms with Crippen molar-refractivity contribution in [1.82, 2.24) is 0 Å². The Balaban J connectivity index is 1.70. The first kappa shape index (κ1) is 18.4. The lowest BCUT2D eigenvalue weighted by atomic mass is 9.87. The van der Waals surface area contributed by atoms with E-state index in [-0.39, 0.29) is 11.9 Å². The summed E-state index contributed by atoms with van der Waals surface area (Å²) >= 11 is 0. The maximum atomic E-state index is 13.7. The van der Waals surface area contributed by atoms with Gasteiger partial charge >= 0.3 is 0 Å². The molecule has 1 atom stereocenters. The van der Waals surface area contributed by atoms with Crippen LogP contribution in [0.25, 0.3) is 11.8 Å². The summed E-state index contributed by atoms with van der Waals surface area (Å²) in [5.74, 6) is -0.221. The molecule has 30 heavy (non-hydrogen) atoms. The van der Waals surface area contributed by atoms with E-state index in [1.165, 1.54) is 28.8 Å². The van der Waals surface area contributed by atoms with Crippen molar-refractivity contribution in [3.05, 3.63) is 137 Å². The zero-order valence-corrected chi connectivity index (χ0v) is 16.6. The van der Waals surface area contributed by atoms with Gasteiger partial charge in [-0.3, -0.25) is 0 Å². The van der Waals surface area contributed by atoms with Gasteiger partial charge in [-0.1, -0.05) is 84.9 Å². The second kappa shape index (κ2) is 8.00. The average Bonchev–Trinajstić information content (AvgIpc) is 2.81. The van der Waals surface area contributed by atoms with E-state index >= 15 is 0 Å². The number of halogens is 1. The summed E-state index contributed by atoms with van der Waals surface area (Å²) in [5.41, 5.74) is 7.05. The predicted molar refractivity (Wildman–Crippen MR) is 123 cm³/mol. The summed E-state index contributed by atoms with van der Waals surface area (Å²) in [4.78, 5) is 2.35. The molecule has 1 unspecified atom stereocenters. The van der Waals surface area contributed by atoms with Gasteiger partial charge in [0.25, 0.3) is 0 Å². The van der Waals surface area contributed by atoms with Crippen LogP contribution in [0, 0.1) is 5.82 Å². The fraction of sp³-hybridized carbons (Fsp3) is 0.0714. The number of hydrogen-bond acceptors (Lipinski definition) is 1. The Kier molecular flexibility index (Phi) is 4.90. The van der Waals surface area contributed by atoms with Crippen molar-refractivity contribution in [1.29, 1.82) is 0 Å². The van der Waals surface area contributed by atoms with Gasteiger partial charge in [0, 0.05) is 11.4 Å². The Morgan fingerprint density at radius 3 is 2.03 bits per heavy atom. The standard InChI is InChI=1S/C28H22FN/c29-24-15-17-25(18-16-24)30-27(22-11-5-2-6-12-22)20-23-13-7-8-14-26(23)28(30)19-21-9-3-1-4-10-21/h1-18,20,28H,19H2. The van der Waals surface area contributed by atoms with E-state index < -0.39 is 0 Å². The smallest absolute Gasteiger partial charge is 0.123 e. The zero-order chi connectivity index (χ0) is 20.3. The molecule has 4 aromatic carbocycles. The number of nitrogens with zero attached hydrogens (tertiary/aromatic N) is 1. The Morgan fingerprint density at radius 1 is 0.667 bits per heavy atom. The molecule has 0 aliphatic carbocycles. The van der Waals surface area contributed by atoms with Gasteiger partial charge in [-0.05, 0) is 59.0 Å². The first-order valence-electron chi connectivity index (χ1n) is 10.2. The predicted octanol–water partition coefficient (Wildman–Crippen LogP) is 7.13. The third-order valence-electron chi connectivity index (χ3n) is 5.66. The van der Waals surface area contributed by atoms with Crippen LogP contribution < -0.4 is 4.90 Å². The molecule has 0 saturated carbocycles. The lowest BCUT2D eigenvalue weighted by Crippen LogP contribution is -2.32. The van der Waals surface area contributed by atoms with Gasteiger partial charge in [-0.2, -0.15) is 0 Å². The topological polar surface area (TPSA) is 3.24 Å². The molecule has 2 heteroatoms. The molecule has 0 fully saturated rings. The van der Waals surface area contributed by atoms with Gasteiger partial charge < -0.3 is 4.90 Å². The highest BCUT2D eigenvalue weighted by molar-refractivity contribution is 5.93. The lowest BCUT2D eigenvalue weighted by molar-refractivity contribution is 0.626. The molecular formula is C28H22FN. The van der Waals surface area contributed by atoms with Crippen LogP contribution in [-0.4, -0.2) is 0 Å². The monoisotopic (exact) mass is 391 g/mol. The van der Waals surface area contributed by atoms with Crippen LogP contribution in [0.4, 0.5) is 10.1 Å². The molecule has 0 aromatic heterocycles. The van der Waals surface area contributed by atoms with E-state index in [0.29, 0.717) is 0 Å². The van der Waals surface area contributed by atoms with Gasteiger partial charge in [0.2, 0.25) is 0 Å². The van der Waals surface area contributed by atoms with Gasteiger partial charge in [0.15, 0.2) is 0 Å². The zero-order valence-electron chi connectivity index (χ0n) is 16.6. The molecule has 4 aromatic rings. The number of fused-ring (bicyclic) bond motifs is 1. The normalized spacial score (nSPS) is 15.4. The molecule has 1 aliphatic rings. The van der Waals surface area contributed by atoms with Crippen LogP contribution in [0.15, 0.2) is 109 Å². The number of rotatable bonds is 4. The third-order valence-corrected chi connectivity index (χ3v) is 5.66. The first-order chi connectivity index (χ1) is 14.8. The molecule has 0 bridgehead atoms. The summed E-state index contributed by atoms with van der Waals surface area (Å²) in [5, 5.41) is 0. The fourth-order valence-corrected chi connectivity index (χ4v) is 4.26. The van der Waals surface area contributed by atoms with Crippen LogP contribution in [0.5, 0.6) is 0 Å². The molecule has 146 valence electrons. The van der Waals surface area contributed by atoms with Crippen LogP contribution in [-0.2, 0) is 6.42 Å². The molecule has 0 spiro atoms. The molecule has 1 nitrogen and oxygen atoms in total. The molecule has 0 amide bonds. The molecule has 0 saturated heterocycles. The van der Waals surface area contributed by atoms with Crippen LogP contribution in [0.1, 0.15) is 28.3 Å². The van der Waals surface area contributed by atoms with E-state index in [4.69, 9.17) is 0 Å². The van der Waals surface area contributed by atoms with Crippen LogP contribution in [0.2, 0.25) is 0 Å². The van der Waals surface area contributed by atoms with E-state index in [1.807, 2.05) is 24.3 Å². The maximum Gasteiger partial charge on any atom is 0.123 e. The van der Waals surface area contributed by atoms with Crippen molar-refractivity contribution < 1.29 is 4.39 Å². The van der Waals surface area contributed by atoms with Crippen LogP contribution in [0.3, 0.4) is 0 Å². The SMILES string of the molecule is Fc1ccc(N2C(c3ccccc3)=Cc3ccccc3C2Cc2ccccc2)cc1. The highest BCUT2D eigenvalue weighted by atomic mass is 19.1. The summed E-state index contributed by atoms with van der Waals surface area (Å²) in [7, 11) is 0. The summed E-state index contributed by atoms with van der Waals surface area (Å²) in [6.45, 7) is 0. The van der Waals surface area contributed by atoms with Crippen molar-refractivity contribution in [2.24, 2.45) is 0 Å². The minimum Gasteiger partial charge on any atom is -0.333 e. The minimum atomic E-state index is -0.221. The largest absolute Gasteiger partial charge is 0.333 e. The molecule has 0 radical (unpaired) electrons. The maximum absolute atomic E-state index is 13.7. The van der Waals surface area contributed by atoms with E-state index in [0.717, 1.165) is 23.4 Å². The average molecular weight is 391 g/mol. The molecule has 1 heterocycles. The fourth-order valence-electron chi connectivity index (χ4n) is 4.26. The van der Waals surface area contributed by atoms with Gasteiger partial charge in [0.05, 0.1) is 6.04 Å². The van der Waals surface area contributed by atoms with Crippen molar-refractivity contribution in [2.45, 2.75) is 12.5 Å².